The highest BCUT2D eigenvalue weighted by Gasteiger charge is 2.36. The minimum Gasteiger partial charge on any atom is -0.313 e. The van der Waals surface area contributed by atoms with Crippen molar-refractivity contribution in [2.24, 2.45) is 11.3 Å². The van der Waals surface area contributed by atoms with E-state index in [1.54, 1.807) is 0 Å². The van der Waals surface area contributed by atoms with Gasteiger partial charge in [0.25, 0.3) is 0 Å². The summed E-state index contributed by atoms with van der Waals surface area (Å²) in [7, 11) is 0. The number of rotatable bonds is 4. The van der Waals surface area contributed by atoms with E-state index in [2.05, 4.69) is 63.3 Å². The van der Waals surface area contributed by atoms with Gasteiger partial charge in [-0.1, -0.05) is 58.0 Å². The van der Waals surface area contributed by atoms with Crippen LogP contribution in [-0.4, -0.2) is 12.6 Å². The summed E-state index contributed by atoms with van der Waals surface area (Å²) in [6.45, 7) is 10.6. The molecule has 0 saturated heterocycles. The normalized spacial score (nSPS) is 28.2. The van der Waals surface area contributed by atoms with Gasteiger partial charge in [-0.25, -0.2) is 0 Å². The second kappa shape index (κ2) is 5.44. The molecule has 1 aromatic carbocycles. The Kier molecular flexibility index (Phi) is 4.11. The average molecular weight is 245 g/mol. The molecule has 0 radical (unpaired) electrons. The largest absolute Gasteiger partial charge is 0.313 e. The van der Waals surface area contributed by atoms with Gasteiger partial charge in [0.15, 0.2) is 0 Å². The van der Waals surface area contributed by atoms with Gasteiger partial charge in [-0.2, -0.15) is 0 Å². The first kappa shape index (κ1) is 13.6. The first-order valence-electron chi connectivity index (χ1n) is 7.26. The molecule has 1 aliphatic rings. The maximum absolute atomic E-state index is 3.79. The topological polar surface area (TPSA) is 12.0 Å². The molecule has 1 N–H and O–H groups in total. The van der Waals surface area contributed by atoms with Gasteiger partial charge in [0.05, 0.1) is 0 Å². The third-order valence-electron chi connectivity index (χ3n) is 4.39. The molecule has 0 aliphatic heterocycles. The smallest absolute Gasteiger partial charge is 0.00982 e. The van der Waals surface area contributed by atoms with E-state index in [4.69, 9.17) is 0 Å². The Bertz CT molecular complexity index is 368. The molecule has 0 spiro atoms. The number of hydrogen-bond acceptors (Lipinski definition) is 1. The van der Waals surface area contributed by atoms with Crippen LogP contribution in [0.4, 0.5) is 0 Å². The molecule has 1 aliphatic carbocycles. The Morgan fingerprint density at radius 3 is 2.44 bits per heavy atom. The zero-order valence-electron chi connectivity index (χ0n) is 12.2. The predicted molar refractivity (Wildman–Crippen MR) is 78.8 cm³/mol. The van der Waals surface area contributed by atoms with Gasteiger partial charge in [-0.05, 0) is 35.7 Å². The van der Waals surface area contributed by atoms with Crippen molar-refractivity contribution in [1.29, 1.82) is 0 Å². The van der Waals surface area contributed by atoms with E-state index in [0.29, 0.717) is 17.4 Å². The van der Waals surface area contributed by atoms with Crippen LogP contribution in [0.2, 0.25) is 0 Å². The maximum atomic E-state index is 3.79. The average Bonchev–Trinajstić information content (AvgIpc) is 2.60. The van der Waals surface area contributed by atoms with Crippen molar-refractivity contribution in [3.63, 3.8) is 0 Å². The molecule has 0 aromatic heterocycles. The highest BCUT2D eigenvalue weighted by molar-refractivity contribution is 5.19. The fraction of sp³-hybridized carbons (Fsp3) is 0.647. The van der Waals surface area contributed by atoms with E-state index in [1.807, 2.05) is 0 Å². The van der Waals surface area contributed by atoms with Gasteiger partial charge in [0.2, 0.25) is 0 Å². The van der Waals surface area contributed by atoms with Gasteiger partial charge < -0.3 is 5.32 Å². The molecule has 3 unspecified atom stereocenters. The van der Waals surface area contributed by atoms with Crippen LogP contribution in [-0.2, 0) is 0 Å². The lowest BCUT2D eigenvalue weighted by molar-refractivity contribution is 0.361. The van der Waals surface area contributed by atoms with E-state index in [-0.39, 0.29) is 0 Å². The van der Waals surface area contributed by atoms with Crippen molar-refractivity contribution in [3.8, 4) is 0 Å². The van der Waals surface area contributed by atoms with E-state index in [1.165, 1.54) is 18.4 Å². The highest BCUT2D eigenvalue weighted by atomic mass is 14.9. The quantitative estimate of drug-likeness (QED) is 0.838. The molecule has 1 heteroatoms. The fourth-order valence-corrected chi connectivity index (χ4v) is 3.39. The van der Waals surface area contributed by atoms with Gasteiger partial charge in [-0.15, -0.1) is 0 Å². The second-order valence-electron chi connectivity index (χ2n) is 6.88. The van der Waals surface area contributed by atoms with Crippen LogP contribution in [0.25, 0.3) is 0 Å². The second-order valence-corrected chi connectivity index (χ2v) is 6.88. The van der Waals surface area contributed by atoms with Gasteiger partial charge in [-0.3, -0.25) is 0 Å². The minimum atomic E-state index is 0.521. The Morgan fingerprint density at radius 1 is 1.22 bits per heavy atom. The standard InChI is InChI=1S/C17H27N/c1-13-10-17(3,4)11-16(13)18-12-14(2)15-8-6-5-7-9-15/h5-9,13-14,16,18H,10-12H2,1-4H3. The van der Waals surface area contributed by atoms with Crippen molar-refractivity contribution in [2.45, 2.75) is 52.5 Å². The van der Waals surface area contributed by atoms with Crippen LogP contribution >= 0.6 is 0 Å². The van der Waals surface area contributed by atoms with Crippen molar-refractivity contribution in [2.75, 3.05) is 6.54 Å². The molecular weight excluding hydrogens is 218 g/mol. The minimum absolute atomic E-state index is 0.521. The summed E-state index contributed by atoms with van der Waals surface area (Å²) in [5.74, 6) is 1.41. The Balaban J connectivity index is 1.85. The summed E-state index contributed by atoms with van der Waals surface area (Å²) < 4.78 is 0. The fourth-order valence-electron chi connectivity index (χ4n) is 3.39. The third kappa shape index (κ3) is 3.35. The molecule has 1 saturated carbocycles. The van der Waals surface area contributed by atoms with Crippen LogP contribution < -0.4 is 5.32 Å². The summed E-state index contributed by atoms with van der Waals surface area (Å²) in [4.78, 5) is 0. The molecular formula is C17H27N. The van der Waals surface area contributed by atoms with E-state index < -0.39 is 0 Å². The predicted octanol–water partition coefficient (Wildman–Crippen LogP) is 4.20. The summed E-state index contributed by atoms with van der Waals surface area (Å²) in [6.07, 6.45) is 2.67. The maximum Gasteiger partial charge on any atom is 0.00982 e. The molecule has 0 bridgehead atoms. The lowest BCUT2D eigenvalue weighted by atomic mass is 9.91. The molecule has 100 valence electrons. The zero-order valence-corrected chi connectivity index (χ0v) is 12.2. The van der Waals surface area contributed by atoms with E-state index in [0.717, 1.165) is 12.5 Å². The van der Waals surface area contributed by atoms with Crippen LogP contribution in [0.1, 0.15) is 52.0 Å². The molecule has 1 nitrogen and oxygen atoms in total. The van der Waals surface area contributed by atoms with E-state index in [9.17, 15) is 0 Å². The monoisotopic (exact) mass is 245 g/mol. The summed E-state index contributed by atoms with van der Waals surface area (Å²) in [5, 5.41) is 3.79. The zero-order chi connectivity index (χ0) is 13.2. The first-order chi connectivity index (χ1) is 8.48. The third-order valence-corrected chi connectivity index (χ3v) is 4.39. The van der Waals surface area contributed by atoms with Gasteiger partial charge >= 0.3 is 0 Å². The van der Waals surface area contributed by atoms with Crippen LogP contribution in [0.3, 0.4) is 0 Å². The van der Waals surface area contributed by atoms with Crippen molar-refractivity contribution in [3.05, 3.63) is 35.9 Å². The number of nitrogens with one attached hydrogen (secondary N) is 1. The number of hydrogen-bond donors (Lipinski definition) is 1. The highest BCUT2D eigenvalue weighted by Crippen LogP contribution is 2.40. The lowest BCUT2D eigenvalue weighted by Gasteiger charge is -2.21. The molecule has 1 fully saturated rings. The van der Waals surface area contributed by atoms with Crippen LogP contribution in [0.5, 0.6) is 0 Å². The van der Waals surface area contributed by atoms with E-state index >= 15 is 0 Å². The molecule has 2 rings (SSSR count). The van der Waals surface area contributed by atoms with Crippen molar-refractivity contribution < 1.29 is 0 Å². The lowest BCUT2D eigenvalue weighted by Crippen LogP contribution is -2.34. The van der Waals surface area contributed by atoms with Crippen LogP contribution in [0.15, 0.2) is 30.3 Å². The molecule has 0 amide bonds. The molecule has 0 heterocycles. The van der Waals surface area contributed by atoms with Gasteiger partial charge in [0.1, 0.15) is 0 Å². The summed E-state index contributed by atoms with van der Waals surface area (Å²) in [6, 6.07) is 11.5. The van der Waals surface area contributed by atoms with Crippen molar-refractivity contribution >= 4 is 0 Å². The number of benzene rings is 1. The SMILES string of the molecule is CC(CNC1CC(C)(C)CC1C)c1ccccc1. The van der Waals surface area contributed by atoms with Crippen molar-refractivity contribution in [1.82, 2.24) is 5.32 Å². The van der Waals surface area contributed by atoms with Crippen LogP contribution in [0, 0.1) is 11.3 Å². The molecule has 1 aromatic rings. The Labute approximate surface area is 112 Å². The first-order valence-corrected chi connectivity index (χ1v) is 7.26. The Hall–Kier alpha value is -0.820. The summed E-state index contributed by atoms with van der Waals surface area (Å²) in [5.41, 5.74) is 1.96. The molecule has 3 atom stereocenters. The molecule has 18 heavy (non-hydrogen) atoms. The Morgan fingerprint density at radius 2 is 1.89 bits per heavy atom. The summed E-state index contributed by atoms with van der Waals surface area (Å²) >= 11 is 0. The van der Waals surface area contributed by atoms with Gasteiger partial charge in [0, 0.05) is 12.6 Å².